The van der Waals surface area contributed by atoms with Crippen LogP contribution in [0.1, 0.15) is 26.2 Å². The van der Waals surface area contributed by atoms with Crippen molar-refractivity contribution in [1.82, 2.24) is 0 Å². The van der Waals surface area contributed by atoms with E-state index < -0.39 is 0 Å². The fourth-order valence-corrected chi connectivity index (χ4v) is 2.06. The second kappa shape index (κ2) is 6.40. The van der Waals surface area contributed by atoms with Gasteiger partial charge in [0.15, 0.2) is 0 Å². The van der Waals surface area contributed by atoms with Crippen LogP contribution in [0.25, 0.3) is 0 Å². The first kappa shape index (κ1) is 12.9. The predicted octanol–water partition coefficient (Wildman–Crippen LogP) is 2.59. The Kier molecular flexibility index (Phi) is 4.59. The molecule has 0 radical (unpaired) electrons. The Morgan fingerprint density at radius 2 is 2.33 bits per heavy atom. The molecule has 1 N–H and O–H groups in total. The van der Waals surface area contributed by atoms with Gasteiger partial charge in [-0.25, -0.2) is 0 Å². The van der Waals surface area contributed by atoms with Crippen LogP contribution in [0.5, 0.6) is 5.75 Å². The molecule has 1 heterocycles. The molecule has 1 unspecified atom stereocenters. The molecule has 1 atom stereocenters. The van der Waals surface area contributed by atoms with Gasteiger partial charge in [-0.15, -0.1) is 0 Å². The summed E-state index contributed by atoms with van der Waals surface area (Å²) in [4.78, 5) is 11.9. The van der Waals surface area contributed by atoms with Crippen molar-refractivity contribution in [1.29, 1.82) is 0 Å². The third-order valence-corrected chi connectivity index (χ3v) is 2.90. The lowest BCUT2D eigenvalue weighted by Crippen LogP contribution is -2.19. The maximum Gasteiger partial charge on any atom is 0.227 e. The molecule has 1 aliphatic rings. The van der Waals surface area contributed by atoms with Crippen LogP contribution in [0.15, 0.2) is 24.3 Å². The summed E-state index contributed by atoms with van der Waals surface area (Å²) in [5.41, 5.74) is 0.724. The Bertz CT molecular complexity index is 400. The van der Waals surface area contributed by atoms with Crippen molar-refractivity contribution in [3.8, 4) is 5.75 Å². The van der Waals surface area contributed by atoms with Crippen molar-refractivity contribution < 1.29 is 14.3 Å². The molecule has 98 valence electrons. The molecule has 0 spiro atoms. The zero-order chi connectivity index (χ0) is 12.8. The normalized spacial score (nSPS) is 18.6. The summed E-state index contributed by atoms with van der Waals surface area (Å²) in [5, 5.41) is 2.88. The van der Waals surface area contributed by atoms with Gasteiger partial charge in [0.1, 0.15) is 5.75 Å². The van der Waals surface area contributed by atoms with Crippen LogP contribution in [0.3, 0.4) is 0 Å². The summed E-state index contributed by atoms with van der Waals surface area (Å²) in [5.74, 6) is 0.690. The van der Waals surface area contributed by atoms with Gasteiger partial charge in [-0.05, 0) is 31.9 Å². The number of rotatable bonds is 5. The van der Waals surface area contributed by atoms with Gasteiger partial charge < -0.3 is 14.8 Å². The van der Waals surface area contributed by atoms with Gasteiger partial charge in [0.2, 0.25) is 5.91 Å². The van der Waals surface area contributed by atoms with Gasteiger partial charge in [0.05, 0.1) is 24.8 Å². The summed E-state index contributed by atoms with van der Waals surface area (Å²) >= 11 is 0. The lowest BCUT2D eigenvalue weighted by molar-refractivity contribution is -0.118. The molecular weight excluding hydrogens is 230 g/mol. The van der Waals surface area contributed by atoms with Crippen molar-refractivity contribution in [2.45, 2.75) is 32.3 Å². The van der Waals surface area contributed by atoms with Crippen LogP contribution >= 0.6 is 0 Å². The SMILES string of the molecule is CCOc1ccccc1NC(=O)CC1CCCO1. The zero-order valence-electron chi connectivity index (χ0n) is 10.6. The first-order valence-electron chi connectivity index (χ1n) is 6.43. The third-order valence-electron chi connectivity index (χ3n) is 2.90. The fourth-order valence-electron chi connectivity index (χ4n) is 2.06. The van der Waals surface area contributed by atoms with E-state index in [-0.39, 0.29) is 12.0 Å². The first-order valence-corrected chi connectivity index (χ1v) is 6.43. The second-order valence-electron chi connectivity index (χ2n) is 4.32. The Morgan fingerprint density at radius 3 is 3.06 bits per heavy atom. The van der Waals surface area contributed by atoms with E-state index in [1.165, 1.54) is 0 Å². The zero-order valence-corrected chi connectivity index (χ0v) is 10.6. The summed E-state index contributed by atoms with van der Waals surface area (Å²) in [6, 6.07) is 7.47. The lowest BCUT2D eigenvalue weighted by atomic mass is 10.1. The maximum absolute atomic E-state index is 11.9. The van der Waals surface area contributed by atoms with Gasteiger partial charge in [-0.3, -0.25) is 4.79 Å². The molecule has 4 heteroatoms. The van der Waals surface area contributed by atoms with E-state index in [0.717, 1.165) is 25.1 Å². The van der Waals surface area contributed by atoms with E-state index >= 15 is 0 Å². The number of hydrogen-bond acceptors (Lipinski definition) is 3. The van der Waals surface area contributed by atoms with E-state index in [9.17, 15) is 4.79 Å². The average Bonchev–Trinajstić information content (AvgIpc) is 2.84. The highest BCUT2D eigenvalue weighted by molar-refractivity contribution is 5.92. The molecule has 1 aromatic carbocycles. The largest absolute Gasteiger partial charge is 0.492 e. The summed E-state index contributed by atoms with van der Waals surface area (Å²) < 4.78 is 10.9. The van der Waals surface area contributed by atoms with Crippen molar-refractivity contribution in [2.75, 3.05) is 18.5 Å². The number of carbonyl (C=O) groups excluding carboxylic acids is 1. The molecule has 1 fully saturated rings. The quantitative estimate of drug-likeness (QED) is 0.872. The van der Waals surface area contributed by atoms with Gasteiger partial charge in [-0.2, -0.15) is 0 Å². The molecule has 1 aromatic rings. The topological polar surface area (TPSA) is 47.6 Å². The van der Waals surface area contributed by atoms with E-state index in [0.29, 0.717) is 18.8 Å². The molecule has 0 aliphatic carbocycles. The predicted molar refractivity (Wildman–Crippen MR) is 69.8 cm³/mol. The van der Waals surface area contributed by atoms with E-state index in [1.807, 2.05) is 31.2 Å². The number of amides is 1. The molecular formula is C14H19NO3. The Balaban J connectivity index is 1.93. The molecule has 0 aromatic heterocycles. The number of anilines is 1. The molecule has 1 aliphatic heterocycles. The smallest absolute Gasteiger partial charge is 0.227 e. The van der Waals surface area contributed by atoms with Crippen LogP contribution in [-0.2, 0) is 9.53 Å². The summed E-state index contributed by atoms with van der Waals surface area (Å²) in [6.07, 6.45) is 2.51. The Hall–Kier alpha value is -1.55. The van der Waals surface area contributed by atoms with Crippen molar-refractivity contribution >= 4 is 11.6 Å². The summed E-state index contributed by atoms with van der Waals surface area (Å²) in [7, 11) is 0. The lowest BCUT2D eigenvalue weighted by Gasteiger charge is -2.13. The van der Waals surface area contributed by atoms with Crippen LogP contribution in [0.4, 0.5) is 5.69 Å². The molecule has 1 amide bonds. The third kappa shape index (κ3) is 3.47. The standard InChI is InChI=1S/C14H19NO3/c1-2-17-13-8-4-3-7-12(13)15-14(16)10-11-6-5-9-18-11/h3-4,7-8,11H,2,5-6,9-10H2,1H3,(H,15,16). The molecule has 4 nitrogen and oxygen atoms in total. The number of ether oxygens (including phenoxy) is 2. The van der Waals surface area contributed by atoms with Crippen LogP contribution in [-0.4, -0.2) is 25.2 Å². The molecule has 1 saturated heterocycles. The monoisotopic (exact) mass is 249 g/mol. The molecule has 2 rings (SSSR count). The molecule has 18 heavy (non-hydrogen) atoms. The van der Waals surface area contributed by atoms with E-state index in [4.69, 9.17) is 9.47 Å². The fraction of sp³-hybridized carbons (Fsp3) is 0.500. The van der Waals surface area contributed by atoms with Gasteiger partial charge in [0, 0.05) is 6.61 Å². The number of benzene rings is 1. The average molecular weight is 249 g/mol. The Labute approximate surface area is 107 Å². The Morgan fingerprint density at radius 1 is 1.50 bits per heavy atom. The second-order valence-corrected chi connectivity index (χ2v) is 4.32. The van der Waals surface area contributed by atoms with Crippen LogP contribution < -0.4 is 10.1 Å². The minimum atomic E-state index is -0.0194. The van der Waals surface area contributed by atoms with Gasteiger partial charge >= 0.3 is 0 Å². The number of para-hydroxylation sites is 2. The molecule has 0 bridgehead atoms. The minimum absolute atomic E-state index is 0.0194. The van der Waals surface area contributed by atoms with E-state index in [2.05, 4.69) is 5.32 Å². The van der Waals surface area contributed by atoms with Crippen LogP contribution in [0, 0.1) is 0 Å². The highest BCUT2D eigenvalue weighted by Crippen LogP contribution is 2.24. The summed E-state index contributed by atoms with van der Waals surface area (Å²) in [6.45, 7) is 3.27. The van der Waals surface area contributed by atoms with Gasteiger partial charge in [0.25, 0.3) is 0 Å². The number of hydrogen-bond donors (Lipinski definition) is 1. The van der Waals surface area contributed by atoms with Crippen molar-refractivity contribution in [3.05, 3.63) is 24.3 Å². The van der Waals surface area contributed by atoms with Crippen molar-refractivity contribution in [2.24, 2.45) is 0 Å². The maximum atomic E-state index is 11.9. The van der Waals surface area contributed by atoms with E-state index in [1.54, 1.807) is 0 Å². The number of carbonyl (C=O) groups is 1. The highest BCUT2D eigenvalue weighted by atomic mass is 16.5. The van der Waals surface area contributed by atoms with Crippen molar-refractivity contribution in [3.63, 3.8) is 0 Å². The minimum Gasteiger partial charge on any atom is -0.492 e. The number of nitrogens with one attached hydrogen (secondary N) is 1. The highest BCUT2D eigenvalue weighted by Gasteiger charge is 2.19. The van der Waals surface area contributed by atoms with Gasteiger partial charge in [-0.1, -0.05) is 12.1 Å². The molecule has 0 saturated carbocycles. The van der Waals surface area contributed by atoms with Crippen LogP contribution in [0.2, 0.25) is 0 Å². The first-order chi connectivity index (χ1) is 8.79.